The van der Waals surface area contributed by atoms with E-state index in [2.05, 4.69) is 15.5 Å². The smallest absolute Gasteiger partial charge is 0.273 e. The molecule has 6 heteroatoms. The zero-order valence-electron chi connectivity index (χ0n) is 13.2. The van der Waals surface area contributed by atoms with E-state index in [0.717, 1.165) is 16.8 Å². The van der Waals surface area contributed by atoms with Gasteiger partial charge in [-0.15, -0.1) is 0 Å². The first-order chi connectivity index (χ1) is 11.5. The third-order valence-electron chi connectivity index (χ3n) is 3.75. The molecule has 24 heavy (non-hydrogen) atoms. The average molecular weight is 360 g/mol. The summed E-state index contributed by atoms with van der Waals surface area (Å²) in [5.74, 6) is -0.253. The molecule has 0 aliphatic carbocycles. The van der Waals surface area contributed by atoms with Crippen molar-refractivity contribution >= 4 is 34.8 Å². The minimum Gasteiger partial charge on any atom is -0.320 e. The number of hydrogen-bond donors (Lipinski definition) is 2. The number of carbonyl (C=O) groups excluding carboxylic acids is 1. The van der Waals surface area contributed by atoms with Crippen molar-refractivity contribution in [2.75, 3.05) is 5.32 Å². The van der Waals surface area contributed by atoms with Gasteiger partial charge in [0.25, 0.3) is 5.91 Å². The molecule has 0 radical (unpaired) electrons. The Kier molecular flexibility index (Phi) is 4.60. The fourth-order valence-electron chi connectivity index (χ4n) is 2.47. The number of amides is 1. The highest BCUT2D eigenvalue weighted by Gasteiger charge is 2.15. The van der Waals surface area contributed by atoms with E-state index in [-0.39, 0.29) is 5.91 Å². The van der Waals surface area contributed by atoms with E-state index in [1.54, 1.807) is 24.3 Å². The molecule has 4 nitrogen and oxygen atoms in total. The highest BCUT2D eigenvalue weighted by Crippen LogP contribution is 2.29. The van der Waals surface area contributed by atoms with Crippen LogP contribution in [0.25, 0.3) is 11.3 Å². The van der Waals surface area contributed by atoms with Gasteiger partial charge in [0.05, 0.1) is 10.7 Å². The first-order valence-corrected chi connectivity index (χ1v) is 8.09. The highest BCUT2D eigenvalue weighted by molar-refractivity contribution is 6.36. The fraction of sp³-hybridized carbons (Fsp3) is 0.111. The maximum Gasteiger partial charge on any atom is 0.273 e. The number of para-hydroxylation sites is 1. The quantitative estimate of drug-likeness (QED) is 0.670. The lowest BCUT2D eigenvalue weighted by Crippen LogP contribution is -2.14. The van der Waals surface area contributed by atoms with Gasteiger partial charge in [-0.05, 0) is 49.2 Å². The number of aromatic amines is 1. The van der Waals surface area contributed by atoms with Crippen LogP contribution in [0.3, 0.4) is 0 Å². The summed E-state index contributed by atoms with van der Waals surface area (Å²) in [5.41, 5.74) is 4.47. The van der Waals surface area contributed by atoms with Crippen LogP contribution in [0.2, 0.25) is 10.0 Å². The van der Waals surface area contributed by atoms with Crippen LogP contribution < -0.4 is 5.32 Å². The van der Waals surface area contributed by atoms with E-state index < -0.39 is 0 Å². The lowest BCUT2D eigenvalue weighted by Gasteiger charge is -2.10. The van der Waals surface area contributed by atoms with Crippen molar-refractivity contribution in [1.29, 1.82) is 0 Å². The molecule has 0 atom stereocenters. The fourth-order valence-corrected chi connectivity index (χ4v) is 2.97. The topological polar surface area (TPSA) is 57.8 Å². The molecule has 2 aromatic carbocycles. The molecule has 2 N–H and O–H groups in total. The monoisotopic (exact) mass is 359 g/mol. The van der Waals surface area contributed by atoms with Crippen LogP contribution in [0.1, 0.15) is 21.6 Å². The van der Waals surface area contributed by atoms with Crippen molar-refractivity contribution in [2.45, 2.75) is 13.8 Å². The summed E-state index contributed by atoms with van der Waals surface area (Å²) in [7, 11) is 0. The van der Waals surface area contributed by atoms with Crippen molar-refractivity contribution in [3.05, 3.63) is 69.3 Å². The molecule has 1 amide bonds. The van der Waals surface area contributed by atoms with Crippen LogP contribution >= 0.6 is 23.2 Å². The predicted octanol–water partition coefficient (Wildman–Crippen LogP) is 5.25. The van der Waals surface area contributed by atoms with Crippen LogP contribution in [0.4, 0.5) is 5.69 Å². The standard InChI is InChI=1S/C18H15Cl2N3O/c1-10-4-3-5-11(2)17(10)21-18(24)16-9-15(22-23-16)13-7-6-12(19)8-14(13)20/h3-9H,1-2H3,(H,21,24)(H,22,23). The van der Waals surface area contributed by atoms with E-state index in [9.17, 15) is 4.79 Å². The van der Waals surface area contributed by atoms with Gasteiger partial charge < -0.3 is 5.32 Å². The molecule has 1 heterocycles. The number of aromatic nitrogens is 2. The van der Waals surface area contributed by atoms with Gasteiger partial charge in [-0.3, -0.25) is 9.89 Å². The Morgan fingerprint density at radius 2 is 1.79 bits per heavy atom. The number of H-pyrrole nitrogens is 1. The van der Waals surface area contributed by atoms with Crippen LogP contribution in [-0.4, -0.2) is 16.1 Å². The highest BCUT2D eigenvalue weighted by atomic mass is 35.5. The van der Waals surface area contributed by atoms with Crippen LogP contribution in [0, 0.1) is 13.8 Å². The predicted molar refractivity (Wildman–Crippen MR) is 97.9 cm³/mol. The molecule has 0 saturated carbocycles. The molecule has 122 valence electrons. The molecule has 0 fully saturated rings. The molecule has 0 aliphatic rings. The Hall–Kier alpha value is -2.30. The molecule has 1 aromatic heterocycles. The molecule has 3 aromatic rings. The van der Waals surface area contributed by atoms with Crippen molar-refractivity contribution in [3.63, 3.8) is 0 Å². The molecule has 0 aliphatic heterocycles. The number of hydrogen-bond acceptors (Lipinski definition) is 2. The molecule has 0 spiro atoms. The van der Waals surface area contributed by atoms with E-state index in [1.807, 2.05) is 32.0 Å². The Morgan fingerprint density at radius 3 is 2.46 bits per heavy atom. The zero-order valence-corrected chi connectivity index (χ0v) is 14.7. The van der Waals surface area contributed by atoms with Gasteiger partial charge in [-0.1, -0.05) is 41.4 Å². The van der Waals surface area contributed by atoms with E-state index in [1.165, 1.54) is 0 Å². The second-order valence-electron chi connectivity index (χ2n) is 5.51. The van der Waals surface area contributed by atoms with Gasteiger partial charge in [-0.25, -0.2) is 0 Å². The number of benzene rings is 2. The largest absolute Gasteiger partial charge is 0.320 e. The number of halogens is 2. The minimum atomic E-state index is -0.253. The summed E-state index contributed by atoms with van der Waals surface area (Å²) in [6.07, 6.45) is 0. The van der Waals surface area contributed by atoms with E-state index in [4.69, 9.17) is 23.2 Å². The summed E-state index contributed by atoms with van der Waals surface area (Å²) in [4.78, 5) is 12.5. The number of nitrogens with zero attached hydrogens (tertiary/aromatic N) is 1. The Balaban J connectivity index is 1.86. The molecule has 3 rings (SSSR count). The van der Waals surface area contributed by atoms with Gasteiger partial charge in [-0.2, -0.15) is 5.10 Å². The first-order valence-electron chi connectivity index (χ1n) is 7.34. The van der Waals surface area contributed by atoms with Crippen molar-refractivity contribution in [2.24, 2.45) is 0 Å². The molecule has 0 bridgehead atoms. The second kappa shape index (κ2) is 6.67. The van der Waals surface area contributed by atoms with Gasteiger partial charge in [0.15, 0.2) is 0 Å². The van der Waals surface area contributed by atoms with Gasteiger partial charge in [0.2, 0.25) is 0 Å². The SMILES string of the molecule is Cc1cccc(C)c1NC(=O)c1cc(-c2ccc(Cl)cc2Cl)n[nH]1. The van der Waals surface area contributed by atoms with E-state index in [0.29, 0.717) is 27.0 Å². The van der Waals surface area contributed by atoms with Crippen LogP contribution in [0.5, 0.6) is 0 Å². The number of anilines is 1. The maximum atomic E-state index is 12.5. The van der Waals surface area contributed by atoms with Gasteiger partial charge >= 0.3 is 0 Å². The number of rotatable bonds is 3. The Labute approximate surface area is 149 Å². The van der Waals surface area contributed by atoms with Gasteiger partial charge in [0, 0.05) is 16.3 Å². The minimum absolute atomic E-state index is 0.253. The second-order valence-corrected chi connectivity index (χ2v) is 6.36. The molecular weight excluding hydrogens is 345 g/mol. The maximum absolute atomic E-state index is 12.5. The third-order valence-corrected chi connectivity index (χ3v) is 4.30. The molecule has 0 saturated heterocycles. The van der Waals surface area contributed by atoms with Crippen LogP contribution in [0.15, 0.2) is 42.5 Å². The lowest BCUT2D eigenvalue weighted by atomic mass is 10.1. The number of aryl methyl sites for hydroxylation is 2. The number of nitrogens with one attached hydrogen (secondary N) is 2. The summed E-state index contributed by atoms with van der Waals surface area (Å²) in [6, 6.07) is 12.7. The molecular formula is C18H15Cl2N3O. The lowest BCUT2D eigenvalue weighted by molar-refractivity contribution is 0.102. The average Bonchev–Trinajstić information content (AvgIpc) is 3.00. The third kappa shape index (κ3) is 3.30. The Bertz CT molecular complexity index is 898. The first kappa shape index (κ1) is 16.6. The summed E-state index contributed by atoms with van der Waals surface area (Å²) >= 11 is 12.1. The van der Waals surface area contributed by atoms with E-state index >= 15 is 0 Å². The van der Waals surface area contributed by atoms with Crippen molar-refractivity contribution in [1.82, 2.24) is 10.2 Å². The van der Waals surface area contributed by atoms with Crippen molar-refractivity contribution < 1.29 is 4.79 Å². The zero-order chi connectivity index (χ0) is 17.3. The summed E-state index contributed by atoms with van der Waals surface area (Å²) in [6.45, 7) is 3.91. The number of carbonyl (C=O) groups is 1. The summed E-state index contributed by atoms with van der Waals surface area (Å²) < 4.78 is 0. The van der Waals surface area contributed by atoms with Crippen molar-refractivity contribution in [3.8, 4) is 11.3 Å². The normalized spacial score (nSPS) is 10.7. The van der Waals surface area contributed by atoms with Crippen LogP contribution in [-0.2, 0) is 0 Å². The summed E-state index contributed by atoms with van der Waals surface area (Å²) in [5, 5.41) is 10.9. The Morgan fingerprint density at radius 1 is 1.08 bits per heavy atom. The van der Waals surface area contributed by atoms with Gasteiger partial charge in [0.1, 0.15) is 5.69 Å². The molecule has 0 unspecified atom stereocenters.